The molecule has 2 aromatic rings. The van der Waals surface area contributed by atoms with Gasteiger partial charge in [-0.2, -0.15) is 0 Å². The SMILES string of the molecule is Cc1cn2cc(I)ncc2n1. The number of aryl methyl sites for hydroxylation is 1. The van der Waals surface area contributed by atoms with Gasteiger partial charge in [0.15, 0.2) is 5.65 Å². The van der Waals surface area contributed by atoms with Crippen LogP contribution in [0.1, 0.15) is 5.69 Å². The van der Waals surface area contributed by atoms with Gasteiger partial charge in [-0.3, -0.25) is 0 Å². The molecule has 0 aliphatic carbocycles. The van der Waals surface area contributed by atoms with E-state index >= 15 is 0 Å². The Balaban J connectivity index is 2.82. The van der Waals surface area contributed by atoms with Crippen LogP contribution in [0.25, 0.3) is 5.65 Å². The van der Waals surface area contributed by atoms with Crippen molar-refractivity contribution in [1.29, 1.82) is 0 Å². The predicted molar refractivity (Wildman–Crippen MR) is 50.4 cm³/mol. The number of hydrogen-bond donors (Lipinski definition) is 0. The third-order valence-corrected chi connectivity index (χ3v) is 1.99. The second-order valence-electron chi connectivity index (χ2n) is 2.36. The summed E-state index contributed by atoms with van der Waals surface area (Å²) < 4.78 is 2.96. The summed E-state index contributed by atoms with van der Waals surface area (Å²) in [6.07, 6.45) is 5.71. The van der Waals surface area contributed by atoms with Crippen molar-refractivity contribution < 1.29 is 0 Å². The first-order valence-electron chi connectivity index (χ1n) is 3.22. The van der Waals surface area contributed by atoms with Crippen molar-refractivity contribution in [2.75, 3.05) is 0 Å². The van der Waals surface area contributed by atoms with E-state index in [9.17, 15) is 0 Å². The van der Waals surface area contributed by atoms with Crippen LogP contribution in [0.15, 0.2) is 18.6 Å². The van der Waals surface area contributed by atoms with Crippen LogP contribution in [0.4, 0.5) is 0 Å². The molecule has 4 heteroatoms. The summed E-state index contributed by atoms with van der Waals surface area (Å²) in [5.74, 6) is 0. The Kier molecular flexibility index (Phi) is 1.56. The first-order chi connectivity index (χ1) is 5.25. The number of hydrogen-bond acceptors (Lipinski definition) is 2. The Morgan fingerprint density at radius 2 is 2.27 bits per heavy atom. The highest BCUT2D eigenvalue weighted by molar-refractivity contribution is 14.1. The summed E-state index contributed by atoms with van der Waals surface area (Å²) in [4.78, 5) is 8.38. The Morgan fingerprint density at radius 3 is 3.09 bits per heavy atom. The average Bonchev–Trinajstić information content (AvgIpc) is 2.27. The van der Waals surface area contributed by atoms with Crippen LogP contribution in [0.5, 0.6) is 0 Å². The minimum atomic E-state index is 0.905. The van der Waals surface area contributed by atoms with E-state index in [1.807, 2.05) is 23.7 Å². The quantitative estimate of drug-likeness (QED) is 0.673. The summed E-state index contributed by atoms with van der Waals surface area (Å²) in [5, 5.41) is 0. The smallest absolute Gasteiger partial charge is 0.155 e. The highest BCUT2D eigenvalue weighted by atomic mass is 127. The van der Waals surface area contributed by atoms with E-state index in [-0.39, 0.29) is 0 Å². The average molecular weight is 259 g/mol. The summed E-state index contributed by atoms with van der Waals surface area (Å²) >= 11 is 2.18. The van der Waals surface area contributed by atoms with Gasteiger partial charge in [-0.25, -0.2) is 9.97 Å². The van der Waals surface area contributed by atoms with Gasteiger partial charge in [0.2, 0.25) is 0 Å². The Labute approximate surface area is 77.6 Å². The zero-order chi connectivity index (χ0) is 7.84. The van der Waals surface area contributed by atoms with Crippen LogP contribution in [0.2, 0.25) is 0 Å². The van der Waals surface area contributed by atoms with E-state index < -0.39 is 0 Å². The fraction of sp³-hybridized carbons (Fsp3) is 0.143. The van der Waals surface area contributed by atoms with Crippen molar-refractivity contribution in [3.05, 3.63) is 28.0 Å². The molecule has 0 saturated heterocycles. The van der Waals surface area contributed by atoms with Gasteiger partial charge in [0, 0.05) is 12.4 Å². The monoisotopic (exact) mass is 259 g/mol. The fourth-order valence-electron chi connectivity index (χ4n) is 1.00. The third kappa shape index (κ3) is 1.22. The first kappa shape index (κ1) is 7.02. The van der Waals surface area contributed by atoms with Gasteiger partial charge in [0.1, 0.15) is 3.70 Å². The van der Waals surface area contributed by atoms with Crippen molar-refractivity contribution in [2.24, 2.45) is 0 Å². The van der Waals surface area contributed by atoms with Gasteiger partial charge in [-0.1, -0.05) is 0 Å². The Morgan fingerprint density at radius 1 is 1.45 bits per heavy atom. The molecule has 11 heavy (non-hydrogen) atoms. The third-order valence-electron chi connectivity index (χ3n) is 1.43. The zero-order valence-corrected chi connectivity index (χ0v) is 8.11. The Bertz CT molecular complexity index is 393. The number of fused-ring (bicyclic) bond motifs is 1. The molecule has 0 spiro atoms. The van der Waals surface area contributed by atoms with Crippen LogP contribution >= 0.6 is 22.6 Å². The van der Waals surface area contributed by atoms with Gasteiger partial charge in [-0.15, -0.1) is 0 Å². The molecule has 0 saturated carbocycles. The second kappa shape index (κ2) is 2.44. The Hall–Kier alpha value is -0.650. The maximum Gasteiger partial charge on any atom is 0.155 e. The maximum absolute atomic E-state index is 4.25. The number of halogens is 1. The molecule has 0 radical (unpaired) electrons. The predicted octanol–water partition coefficient (Wildman–Crippen LogP) is 1.64. The van der Waals surface area contributed by atoms with Gasteiger partial charge in [0.05, 0.1) is 11.9 Å². The molecule has 0 atom stereocenters. The zero-order valence-electron chi connectivity index (χ0n) is 5.95. The van der Waals surface area contributed by atoms with E-state index in [2.05, 4.69) is 32.6 Å². The molecule has 0 N–H and O–H groups in total. The van der Waals surface area contributed by atoms with Gasteiger partial charge in [-0.05, 0) is 29.5 Å². The molecule has 0 bridgehead atoms. The number of imidazole rings is 1. The summed E-state index contributed by atoms with van der Waals surface area (Å²) in [6.45, 7) is 1.97. The van der Waals surface area contributed by atoms with Crippen LogP contribution in [-0.4, -0.2) is 14.4 Å². The van der Waals surface area contributed by atoms with Gasteiger partial charge < -0.3 is 4.40 Å². The molecular formula is C7H6IN3. The highest BCUT2D eigenvalue weighted by Gasteiger charge is 1.96. The van der Waals surface area contributed by atoms with E-state index in [0.717, 1.165) is 15.0 Å². The van der Waals surface area contributed by atoms with E-state index in [0.29, 0.717) is 0 Å². The lowest BCUT2D eigenvalue weighted by atomic mass is 10.6. The molecule has 0 aliphatic rings. The van der Waals surface area contributed by atoms with Crippen LogP contribution < -0.4 is 0 Å². The topological polar surface area (TPSA) is 30.2 Å². The normalized spacial score (nSPS) is 10.7. The van der Waals surface area contributed by atoms with E-state index in [1.165, 1.54) is 0 Å². The lowest BCUT2D eigenvalue weighted by molar-refractivity contribution is 1.10. The molecular weight excluding hydrogens is 253 g/mol. The van der Waals surface area contributed by atoms with Crippen molar-refractivity contribution >= 4 is 28.2 Å². The highest BCUT2D eigenvalue weighted by Crippen LogP contribution is 2.05. The summed E-state index contributed by atoms with van der Waals surface area (Å²) in [5.41, 5.74) is 1.93. The fourth-order valence-corrected chi connectivity index (χ4v) is 1.44. The van der Waals surface area contributed by atoms with Crippen molar-refractivity contribution in [1.82, 2.24) is 14.4 Å². The molecule has 0 fully saturated rings. The number of nitrogens with zero attached hydrogens (tertiary/aromatic N) is 3. The standard InChI is InChI=1S/C7H6IN3/c1-5-3-11-4-6(8)9-2-7(11)10-5/h2-4H,1H3. The summed E-state index contributed by atoms with van der Waals surface area (Å²) in [6, 6.07) is 0. The second-order valence-corrected chi connectivity index (χ2v) is 3.46. The molecule has 0 aliphatic heterocycles. The van der Waals surface area contributed by atoms with E-state index in [1.54, 1.807) is 6.20 Å². The molecule has 2 aromatic heterocycles. The minimum absolute atomic E-state index is 0.905. The van der Waals surface area contributed by atoms with Crippen LogP contribution in [-0.2, 0) is 0 Å². The van der Waals surface area contributed by atoms with Crippen LogP contribution in [0.3, 0.4) is 0 Å². The molecule has 3 nitrogen and oxygen atoms in total. The minimum Gasteiger partial charge on any atom is -0.303 e. The molecule has 0 aromatic carbocycles. The van der Waals surface area contributed by atoms with Crippen LogP contribution in [0, 0.1) is 10.6 Å². The first-order valence-corrected chi connectivity index (χ1v) is 4.30. The van der Waals surface area contributed by atoms with Crippen molar-refractivity contribution in [2.45, 2.75) is 6.92 Å². The molecule has 0 unspecified atom stereocenters. The van der Waals surface area contributed by atoms with Gasteiger partial charge >= 0.3 is 0 Å². The number of rotatable bonds is 0. The molecule has 0 amide bonds. The lowest BCUT2D eigenvalue weighted by Gasteiger charge is -1.90. The molecule has 2 rings (SSSR count). The molecule has 2 heterocycles. The largest absolute Gasteiger partial charge is 0.303 e. The lowest BCUT2D eigenvalue weighted by Crippen LogP contribution is -1.86. The maximum atomic E-state index is 4.25. The van der Waals surface area contributed by atoms with Gasteiger partial charge in [0.25, 0.3) is 0 Å². The summed E-state index contributed by atoms with van der Waals surface area (Å²) in [7, 11) is 0. The van der Waals surface area contributed by atoms with Crippen molar-refractivity contribution in [3.8, 4) is 0 Å². The van der Waals surface area contributed by atoms with E-state index in [4.69, 9.17) is 0 Å². The van der Waals surface area contributed by atoms with Crippen molar-refractivity contribution in [3.63, 3.8) is 0 Å². The molecule has 56 valence electrons. The number of aromatic nitrogens is 3.